The van der Waals surface area contributed by atoms with Gasteiger partial charge in [-0.1, -0.05) is 64.7 Å². The predicted octanol–water partition coefficient (Wildman–Crippen LogP) is 4.07. The zero-order chi connectivity index (χ0) is 10.6. The van der Waals surface area contributed by atoms with Crippen LogP contribution in [0.3, 0.4) is 0 Å². The van der Waals surface area contributed by atoms with Gasteiger partial charge in [0.2, 0.25) is 0 Å². The SMILES string of the molecule is CCCCCCCCCCCC(N)P. The molecule has 86 valence electrons. The Balaban J connectivity index is 2.85. The number of hydrogen-bond donors (Lipinski definition) is 1. The summed E-state index contributed by atoms with van der Waals surface area (Å²) in [4.78, 5) is 0. The van der Waals surface area contributed by atoms with Crippen molar-refractivity contribution in [2.75, 3.05) is 0 Å². The fourth-order valence-electron chi connectivity index (χ4n) is 1.69. The van der Waals surface area contributed by atoms with E-state index in [4.69, 9.17) is 5.73 Å². The smallest absolute Gasteiger partial charge is 0.0184 e. The van der Waals surface area contributed by atoms with Gasteiger partial charge in [-0.25, -0.2) is 0 Å². The third kappa shape index (κ3) is 12.4. The van der Waals surface area contributed by atoms with Crippen LogP contribution in [0.1, 0.15) is 71.1 Å². The van der Waals surface area contributed by atoms with E-state index in [2.05, 4.69) is 16.2 Å². The van der Waals surface area contributed by atoms with Crippen molar-refractivity contribution in [2.24, 2.45) is 5.73 Å². The topological polar surface area (TPSA) is 26.0 Å². The molecule has 0 heterocycles. The molecule has 0 spiro atoms. The monoisotopic (exact) mass is 217 g/mol. The lowest BCUT2D eigenvalue weighted by Crippen LogP contribution is -2.09. The van der Waals surface area contributed by atoms with Crippen LogP contribution in [0.15, 0.2) is 0 Å². The van der Waals surface area contributed by atoms with Crippen LogP contribution in [-0.4, -0.2) is 5.78 Å². The Morgan fingerprint density at radius 2 is 1.29 bits per heavy atom. The second-order valence-corrected chi connectivity index (χ2v) is 5.14. The minimum atomic E-state index is 0.319. The van der Waals surface area contributed by atoms with Crippen LogP contribution < -0.4 is 5.73 Å². The molecule has 0 rings (SSSR count). The minimum Gasteiger partial charge on any atom is -0.324 e. The molecule has 14 heavy (non-hydrogen) atoms. The minimum absolute atomic E-state index is 0.319. The van der Waals surface area contributed by atoms with E-state index >= 15 is 0 Å². The summed E-state index contributed by atoms with van der Waals surface area (Å²) in [6, 6.07) is 0. The molecule has 0 aliphatic rings. The molecule has 2 unspecified atom stereocenters. The average molecular weight is 217 g/mol. The highest BCUT2D eigenvalue weighted by molar-refractivity contribution is 7.17. The molecule has 1 nitrogen and oxygen atoms in total. The van der Waals surface area contributed by atoms with Crippen molar-refractivity contribution in [2.45, 2.75) is 76.9 Å². The Morgan fingerprint density at radius 3 is 1.71 bits per heavy atom. The lowest BCUT2D eigenvalue weighted by molar-refractivity contribution is 0.554. The van der Waals surface area contributed by atoms with Crippen LogP contribution >= 0.6 is 9.24 Å². The van der Waals surface area contributed by atoms with E-state index in [9.17, 15) is 0 Å². The third-order valence-electron chi connectivity index (χ3n) is 2.64. The molecule has 0 amide bonds. The summed E-state index contributed by atoms with van der Waals surface area (Å²) in [5.74, 6) is 0.319. The molecule has 0 aromatic carbocycles. The van der Waals surface area contributed by atoms with E-state index in [-0.39, 0.29) is 0 Å². The first-order valence-corrected chi connectivity index (χ1v) is 6.95. The van der Waals surface area contributed by atoms with E-state index in [1.807, 2.05) is 0 Å². The number of unbranched alkanes of at least 4 members (excludes halogenated alkanes) is 8. The highest BCUT2D eigenvalue weighted by atomic mass is 31.0. The van der Waals surface area contributed by atoms with Gasteiger partial charge in [0, 0.05) is 5.78 Å². The Labute approximate surface area is 92.4 Å². The fourth-order valence-corrected chi connectivity index (χ4v) is 1.93. The standard InChI is InChI=1S/C12H28NP/c1-2-3-4-5-6-7-8-9-10-11-12(13)14/h12H,2-11,13-14H2,1H3. The van der Waals surface area contributed by atoms with Gasteiger partial charge in [0.15, 0.2) is 0 Å². The maximum absolute atomic E-state index is 5.65. The molecule has 2 heteroatoms. The van der Waals surface area contributed by atoms with Gasteiger partial charge in [-0.15, -0.1) is 9.24 Å². The van der Waals surface area contributed by atoms with Crippen LogP contribution in [0.5, 0.6) is 0 Å². The molecule has 2 atom stereocenters. The molecule has 0 aromatic rings. The molecule has 0 aliphatic heterocycles. The maximum atomic E-state index is 5.65. The van der Waals surface area contributed by atoms with Crippen molar-refractivity contribution < 1.29 is 0 Å². The van der Waals surface area contributed by atoms with Crippen LogP contribution in [0.25, 0.3) is 0 Å². The van der Waals surface area contributed by atoms with Crippen molar-refractivity contribution in [3.63, 3.8) is 0 Å². The summed E-state index contributed by atoms with van der Waals surface area (Å²) in [6.45, 7) is 2.27. The van der Waals surface area contributed by atoms with Crippen molar-refractivity contribution in [1.82, 2.24) is 0 Å². The van der Waals surface area contributed by atoms with Crippen LogP contribution in [-0.2, 0) is 0 Å². The Bertz CT molecular complexity index is 104. The number of nitrogens with two attached hydrogens (primary N) is 1. The van der Waals surface area contributed by atoms with Crippen molar-refractivity contribution >= 4 is 9.24 Å². The number of hydrogen-bond acceptors (Lipinski definition) is 1. The van der Waals surface area contributed by atoms with E-state index in [0.717, 1.165) is 0 Å². The lowest BCUT2D eigenvalue weighted by atomic mass is 10.1. The summed E-state index contributed by atoms with van der Waals surface area (Å²) in [7, 11) is 2.66. The third-order valence-corrected chi connectivity index (χ3v) is 2.97. The summed E-state index contributed by atoms with van der Waals surface area (Å²) in [6.07, 6.45) is 13.8. The first-order valence-electron chi connectivity index (χ1n) is 6.28. The average Bonchev–Trinajstić information content (AvgIpc) is 2.15. The molecular formula is C12H28NP. The molecule has 0 bridgehead atoms. The van der Waals surface area contributed by atoms with Gasteiger partial charge in [0.05, 0.1) is 0 Å². The Morgan fingerprint density at radius 1 is 0.857 bits per heavy atom. The molecule has 0 aliphatic carbocycles. The van der Waals surface area contributed by atoms with E-state index in [0.29, 0.717) is 5.78 Å². The largest absolute Gasteiger partial charge is 0.324 e. The normalized spacial score (nSPS) is 13.1. The molecule has 0 radical (unpaired) electrons. The first-order chi connectivity index (χ1) is 6.77. The molecule has 0 fully saturated rings. The quantitative estimate of drug-likeness (QED) is 0.433. The van der Waals surface area contributed by atoms with E-state index < -0.39 is 0 Å². The fraction of sp³-hybridized carbons (Fsp3) is 1.00. The van der Waals surface area contributed by atoms with E-state index in [1.165, 1.54) is 64.2 Å². The zero-order valence-electron chi connectivity index (χ0n) is 9.80. The summed E-state index contributed by atoms with van der Waals surface area (Å²) >= 11 is 0. The van der Waals surface area contributed by atoms with Gasteiger partial charge in [-0.2, -0.15) is 0 Å². The second-order valence-electron chi connectivity index (χ2n) is 4.28. The van der Waals surface area contributed by atoms with Gasteiger partial charge < -0.3 is 5.73 Å². The first kappa shape index (κ1) is 14.4. The van der Waals surface area contributed by atoms with E-state index in [1.54, 1.807) is 0 Å². The summed E-state index contributed by atoms with van der Waals surface area (Å²) < 4.78 is 0. The van der Waals surface area contributed by atoms with Gasteiger partial charge in [0.25, 0.3) is 0 Å². The van der Waals surface area contributed by atoms with Crippen molar-refractivity contribution in [3.05, 3.63) is 0 Å². The second kappa shape index (κ2) is 11.5. The predicted molar refractivity (Wildman–Crippen MR) is 69.5 cm³/mol. The van der Waals surface area contributed by atoms with Gasteiger partial charge in [-0.3, -0.25) is 0 Å². The number of rotatable bonds is 10. The lowest BCUT2D eigenvalue weighted by Gasteiger charge is -2.04. The van der Waals surface area contributed by atoms with Gasteiger partial charge in [0.1, 0.15) is 0 Å². The highest BCUT2D eigenvalue weighted by Crippen LogP contribution is 2.11. The van der Waals surface area contributed by atoms with Crippen LogP contribution in [0.2, 0.25) is 0 Å². The molecule has 0 aromatic heterocycles. The van der Waals surface area contributed by atoms with Crippen molar-refractivity contribution in [3.8, 4) is 0 Å². The van der Waals surface area contributed by atoms with Crippen molar-refractivity contribution in [1.29, 1.82) is 0 Å². The van der Waals surface area contributed by atoms with Crippen LogP contribution in [0.4, 0.5) is 0 Å². The molecule has 0 saturated carbocycles. The maximum Gasteiger partial charge on any atom is 0.0184 e. The molecular weight excluding hydrogens is 189 g/mol. The Hall–Kier alpha value is 0.390. The summed E-state index contributed by atoms with van der Waals surface area (Å²) in [5.41, 5.74) is 5.65. The zero-order valence-corrected chi connectivity index (χ0v) is 11.0. The van der Waals surface area contributed by atoms with Crippen LogP contribution in [0, 0.1) is 0 Å². The van der Waals surface area contributed by atoms with Gasteiger partial charge >= 0.3 is 0 Å². The van der Waals surface area contributed by atoms with Gasteiger partial charge in [-0.05, 0) is 6.42 Å². The molecule has 2 N–H and O–H groups in total. The Kier molecular flexibility index (Phi) is 11.8. The molecule has 0 saturated heterocycles. The highest BCUT2D eigenvalue weighted by Gasteiger charge is 1.94. The summed E-state index contributed by atoms with van der Waals surface area (Å²) in [5, 5.41) is 0.